The third kappa shape index (κ3) is 3.31. The maximum atomic E-state index is 12.8. The van der Waals surface area contributed by atoms with Gasteiger partial charge < -0.3 is 20.1 Å². The highest BCUT2D eigenvalue weighted by atomic mass is 16.2. The van der Waals surface area contributed by atoms with Gasteiger partial charge >= 0.3 is 0 Å². The highest BCUT2D eigenvalue weighted by Crippen LogP contribution is 2.39. The predicted octanol–water partition coefficient (Wildman–Crippen LogP) is 1.45. The first-order valence-electron chi connectivity index (χ1n) is 10.8. The second kappa shape index (κ2) is 7.44. The SMILES string of the molecule is Cc1nc2ccccc2n1CC(=O)NC[C@H]1[C@@H]2CNC[C@@H](C2)[C@@H]2CCCC(=O)N21. The molecular weight excluding hydrogens is 366 g/mol. The molecule has 3 fully saturated rings. The van der Waals surface area contributed by atoms with Crippen LogP contribution in [0.15, 0.2) is 24.3 Å². The molecule has 7 heteroatoms. The van der Waals surface area contributed by atoms with E-state index in [1.165, 1.54) is 0 Å². The summed E-state index contributed by atoms with van der Waals surface area (Å²) in [6.07, 6.45) is 3.89. The third-order valence-electron chi connectivity index (χ3n) is 7.06. The van der Waals surface area contributed by atoms with Crippen LogP contribution in [0.4, 0.5) is 0 Å². The Morgan fingerprint density at radius 3 is 3.00 bits per heavy atom. The summed E-state index contributed by atoms with van der Waals surface area (Å²) < 4.78 is 1.96. The number of hydrogen-bond donors (Lipinski definition) is 2. The molecule has 0 radical (unpaired) electrons. The molecule has 154 valence electrons. The minimum atomic E-state index is -0.0249. The maximum absolute atomic E-state index is 12.8. The average Bonchev–Trinajstić information content (AvgIpc) is 3.04. The summed E-state index contributed by atoms with van der Waals surface area (Å²) in [5.74, 6) is 2.06. The molecule has 0 unspecified atom stereocenters. The molecule has 2 bridgehead atoms. The number of fused-ring (bicyclic) bond motifs is 5. The van der Waals surface area contributed by atoms with E-state index in [9.17, 15) is 9.59 Å². The molecule has 2 aromatic rings. The van der Waals surface area contributed by atoms with E-state index < -0.39 is 0 Å². The van der Waals surface area contributed by atoms with Crippen molar-refractivity contribution in [3.8, 4) is 0 Å². The second-order valence-corrected chi connectivity index (χ2v) is 8.78. The molecular formula is C22H29N5O2. The van der Waals surface area contributed by atoms with Crippen molar-refractivity contribution in [1.82, 2.24) is 25.1 Å². The predicted molar refractivity (Wildman–Crippen MR) is 110 cm³/mol. The summed E-state index contributed by atoms with van der Waals surface area (Å²) in [5, 5.41) is 6.68. The zero-order valence-corrected chi connectivity index (χ0v) is 16.9. The lowest BCUT2D eigenvalue weighted by atomic mass is 9.72. The molecule has 3 aliphatic rings. The Kier molecular flexibility index (Phi) is 4.78. The van der Waals surface area contributed by atoms with Crippen LogP contribution in [0.5, 0.6) is 0 Å². The number of benzene rings is 1. The Morgan fingerprint density at radius 2 is 2.10 bits per heavy atom. The molecule has 2 N–H and O–H groups in total. The molecule has 4 atom stereocenters. The van der Waals surface area contributed by atoms with E-state index in [-0.39, 0.29) is 24.4 Å². The molecule has 1 aromatic carbocycles. The number of nitrogens with one attached hydrogen (secondary N) is 2. The smallest absolute Gasteiger partial charge is 0.240 e. The standard InChI is InChI=1S/C22H29N5O2/c1-14-25-17-5-2-3-6-19(17)26(14)13-21(28)24-12-20-16-9-15(10-23-11-16)18-7-4-8-22(29)27(18)20/h2-3,5-6,15-16,18,20,23H,4,7-13H2,1H3,(H,24,28)/t15-,16+,18+,20+/m1/s1. The van der Waals surface area contributed by atoms with Crippen LogP contribution in [0.25, 0.3) is 11.0 Å². The molecule has 29 heavy (non-hydrogen) atoms. The minimum absolute atomic E-state index is 0.0249. The number of piperidine rings is 3. The number of rotatable bonds is 4. The molecule has 4 heterocycles. The van der Waals surface area contributed by atoms with Gasteiger partial charge in [0.25, 0.3) is 0 Å². The van der Waals surface area contributed by atoms with Crippen LogP contribution in [0.1, 0.15) is 31.5 Å². The van der Waals surface area contributed by atoms with Crippen molar-refractivity contribution in [2.24, 2.45) is 11.8 Å². The third-order valence-corrected chi connectivity index (χ3v) is 7.06. The van der Waals surface area contributed by atoms with Crippen molar-refractivity contribution in [2.75, 3.05) is 19.6 Å². The summed E-state index contributed by atoms with van der Waals surface area (Å²) in [5.41, 5.74) is 1.88. The number of imidazole rings is 1. The number of carbonyl (C=O) groups is 2. The van der Waals surface area contributed by atoms with E-state index in [1.54, 1.807) is 0 Å². The highest BCUT2D eigenvalue weighted by Gasteiger charge is 2.47. The van der Waals surface area contributed by atoms with Crippen LogP contribution in [0, 0.1) is 18.8 Å². The fourth-order valence-electron chi connectivity index (χ4n) is 5.71. The quantitative estimate of drug-likeness (QED) is 0.821. The molecule has 7 nitrogen and oxygen atoms in total. The summed E-state index contributed by atoms with van der Waals surface area (Å²) in [6, 6.07) is 8.32. The highest BCUT2D eigenvalue weighted by molar-refractivity contribution is 5.81. The van der Waals surface area contributed by atoms with Crippen molar-refractivity contribution < 1.29 is 9.59 Å². The van der Waals surface area contributed by atoms with Crippen molar-refractivity contribution in [3.05, 3.63) is 30.1 Å². The van der Waals surface area contributed by atoms with Crippen LogP contribution in [-0.4, -0.2) is 58.0 Å². The normalized spacial score (nSPS) is 29.0. The lowest BCUT2D eigenvalue weighted by Crippen LogP contribution is -2.66. The summed E-state index contributed by atoms with van der Waals surface area (Å²) in [7, 11) is 0. The first-order valence-corrected chi connectivity index (χ1v) is 10.8. The maximum Gasteiger partial charge on any atom is 0.240 e. The molecule has 2 amide bonds. The molecule has 5 rings (SSSR count). The van der Waals surface area contributed by atoms with Gasteiger partial charge in [-0.2, -0.15) is 0 Å². The summed E-state index contributed by atoms with van der Waals surface area (Å²) in [4.78, 5) is 32.2. The fourth-order valence-corrected chi connectivity index (χ4v) is 5.71. The number of aromatic nitrogens is 2. The number of nitrogens with zero attached hydrogens (tertiary/aromatic N) is 3. The first-order chi connectivity index (χ1) is 14.1. The van der Waals surface area contributed by atoms with Crippen LogP contribution in [0.3, 0.4) is 0 Å². The van der Waals surface area contributed by atoms with Gasteiger partial charge in [-0.3, -0.25) is 9.59 Å². The van der Waals surface area contributed by atoms with E-state index in [2.05, 4.69) is 20.5 Å². The minimum Gasteiger partial charge on any atom is -0.352 e. The molecule has 1 aromatic heterocycles. The Hall–Kier alpha value is -2.41. The van der Waals surface area contributed by atoms with Gasteiger partial charge in [-0.25, -0.2) is 4.98 Å². The topological polar surface area (TPSA) is 79.3 Å². The lowest BCUT2D eigenvalue weighted by Gasteiger charge is -2.54. The number of aryl methyl sites for hydroxylation is 1. The lowest BCUT2D eigenvalue weighted by molar-refractivity contribution is -0.149. The first kappa shape index (κ1) is 18.6. The van der Waals surface area contributed by atoms with Crippen LogP contribution >= 0.6 is 0 Å². The Labute approximate surface area is 170 Å². The largest absolute Gasteiger partial charge is 0.352 e. The van der Waals surface area contributed by atoms with Crippen molar-refractivity contribution in [1.29, 1.82) is 0 Å². The summed E-state index contributed by atoms with van der Waals surface area (Å²) in [6.45, 7) is 4.66. The van der Waals surface area contributed by atoms with E-state index in [4.69, 9.17) is 0 Å². The van der Waals surface area contributed by atoms with Crippen molar-refractivity contribution in [3.63, 3.8) is 0 Å². The van der Waals surface area contributed by atoms with E-state index in [1.807, 2.05) is 35.8 Å². The van der Waals surface area contributed by atoms with E-state index in [0.717, 1.165) is 49.2 Å². The molecule has 0 aliphatic carbocycles. The monoisotopic (exact) mass is 395 g/mol. The average molecular weight is 396 g/mol. The summed E-state index contributed by atoms with van der Waals surface area (Å²) >= 11 is 0. The van der Waals surface area contributed by atoms with E-state index in [0.29, 0.717) is 30.8 Å². The number of amides is 2. The van der Waals surface area contributed by atoms with Gasteiger partial charge in [-0.1, -0.05) is 12.1 Å². The molecule has 3 saturated heterocycles. The van der Waals surface area contributed by atoms with Gasteiger partial charge in [-0.15, -0.1) is 0 Å². The fraction of sp³-hybridized carbons (Fsp3) is 0.591. The van der Waals surface area contributed by atoms with Gasteiger partial charge in [0.05, 0.1) is 17.1 Å². The van der Waals surface area contributed by atoms with Gasteiger partial charge in [0.15, 0.2) is 0 Å². The molecule has 0 saturated carbocycles. The van der Waals surface area contributed by atoms with Gasteiger partial charge in [0, 0.05) is 25.6 Å². The molecule has 3 aliphatic heterocycles. The zero-order chi connectivity index (χ0) is 20.0. The van der Waals surface area contributed by atoms with Gasteiger partial charge in [0.2, 0.25) is 11.8 Å². The number of carbonyl (C=O) groups excluding carboxylic acids is 2. The van der Waals surface area contributed by atoms with Gasteiger partial charge in [0.1, 0.15) is 12.4 Å². The van der Waals surface area contributed by atoms with Crippen LogP contribution < -0.4 is 10.6 Å². The van der Waals surface area contributed by atoms with Crippen LogP contribution in [0.2, 0.25) is 0 Å². The van der Waals surface area contributed by atoms with Crippen molar-refractivity contribution in [2.45, 2.75) is 51.2 Å². The number of hydrogen-bond acceptors (Lipinski definition) is 4. The molecule has 0 spiro atoms. The second-order valence-electron chi connectivity index (χ2n) is 8.78. The van der Waals surface area contributed by atoms with Crippen molar-refractivity contribution >= 4 is 22.8 Å². The Bertz CT molecular complexity index is 938. The van der Waals surface area contributed by atoms with Crippen LogP contribution in [-0.2, 0) is 16.1 Å². The zero-order valence-electron chi connectivity index (χ0n) is 16.9. The van der Waals surface area contributed by atoms with Gasteiger partial charge in [-0.05, 0) is 56.7 Å². The Balaban J connectivity index is 1.30. The number of para-hydroxylation sites is 2. The Morgan fingerprint density at radius 1 is 1.28 bits per heavy atom. The van der Waals surface area contributed by atoms with E-state index >= 15 is 0 Å².